The summed E-state index contributed by atoms with van der Waals surface area (Å²) in [5.74, 6) is -0.655. The van der Waals surface area contributed by atoms with Crippen LogP contribution in [0.4, 0.5) is 0 Å². The third-order valence-corrected chi connectivity index (χ3v) is 6.31. The lowest BCUT2D eigenvalue weighted by Gasteiger charge is -2.12. The lowest BCUT2D eigenvalue weighted by Crippen LogP contribution is -2.24. The highest BCUT2D eigenvalue weighted by atomic mass is 16.2. The molecular weight excluding hydrogens is 412 g/mol. The van der Waals surface area contributed by atoms with Crippen molar-refractivity contribution in [1.29, 1.82) is 0 Å². The van der Waals surface area contributed by atoms with Crippen LogP contribution in [0.1, 0.15) is 36.6 Å². The Morgan fingerprint density at radius 3 is 2.21 bits per heavy atom. The Morgan fingerprint density at radius 2 is 1.39 bits per heavy atom. The van der Waals surface area contributed by atoms with Gasteiger partial charge in [-0.15, -0.1) is 0 Å². The minimum absolute atomic E-state index is 0.0441. The van der Waals surface area contributed by atoms with E-state index in [1.165, 1.54) is 7.05 Å². The molecule has 33 heavy (non-hydrogen) atoms. The topological polar surface area (TPSA) is 59.4 Å². The predicted molar refractivity (Wildman–Crippen MR) is 127 cm³/mol. The zero-order chi connectivity index (χ0) is 22.7. The maximum Gasteiger partial charge on any atom is 0.263 e. The second kappa shape index (κ2) is 7.00. The Kier molecular flexibility index (Phi) is 4.07. The quantitative estimate of drug-likeness (QED) is 0.291. The summed E-state index contributed by atoms with van der Waals surface area (Å²) in [5, 5.41) is 1.88. The molecule has 1 aliphatic heterocycles. The molecule has 6 rings (SSSR count). The van der Waals surface area contributed by atoms with Crippen molar-refractivity contribution in [2.45, 2.75) is 0 Å². The molecule has 1 aliphatic rings. The summed E-state index contributed by atoms with van der Waals surface area (Å²) >= 11 is 0. The Balaban J connectivity index is 1.63. The number of imide groups is 1. The number of amides is 2. The van der Waals surface area contributed by atoms with Crippen LogP contribution >= 0.6 is 0 Å². The molecule has 0 saturated carbocycles. The Morgan fingerprint density at radius 1 is 0.667 bits per heavy atom. The number of benzene rings is 4. The summed E-state index contributed by atoms with van der Waals surface area (Å²) < 4.78 is 2.00. The summed E-state index contributed by atoms with van der Waals surface area (Å²) in [6.45, 7) is 0. The van der Waals surface area contributed by atoms with Crippen molar-refractivity contribution in [2.75, 3.05) is 7.05 Å². The highest BCUT2D eigenvalue weighted by molar-refractivity contribution is 6.23. The molecule has 0 unspecified atom stereocenters. The van der Waals surface area contributed by atoms with Gasteiger partial charge in [-0.25, -0.2) is 0 Å². The van der Waals surface area contributed by atoms with Gasteiger partial charge in [0.05, 0.1) is 27.8 Å². The minimum atomic E-state index is -0.313. The average Bonchev–Trinajstić information content (AvgIpc) is 3.31. The maximum absolute atomic E-state index is 13.1. The fourth-order valence-electron chi connectivity index (χ4n) is 4.70. The van der Waals surface area contributed by atoms with Crippen LogP contribution in [0.3, 0.4) is 0 Å². The maximum atomic E-state index is 13.1. The van der Waals surface area contributed by atoms with Gasteiger partial charge in [0.1, 0.15) is 0 Å². The van der Waals surface area contributed by atoms with Gasteiger partial charge in [-0.1, -0.05) is 54.6 Å². The first-order chi connectivity index (χ1) is 16.1. The van der Waals surface area contributed by atoms with Crippen molar-refractivity contribution in [3.63, 3.8) is 0 Å². The average molecular weight is 430 g/mol. The predicted octanol–water partition coefficient (Wildman–Crippen LogP) is 5.24. The first-order valence-electron chi connectivity index (χ1n) is 10.6. The third-order valence-electron chi connectivity index (χ3n) is 6.31. The van der Waals surface area contributed by atoms with Crippen molar-refractivity contribution < 1.29 is 14.4 Å². The molecule has 0 spiro atoms. The fourth-order valence-corrected chi connectivity index (χ4v) is 4.70. The van der Waals surface area contributed by atoms with Crippen LogP contribution < -0.4 is 0 Å². The summed E-state index contributed by atoms with van der Waals surface area (Å²) in [6, 6.07) is 28.1. The Labute approximate surface area is 189 Å². The van der Waals surface area contributed by atoms with E-state index in [9.17, 15) is 14.4 Å². The zero-order valence-corrected chi connectivity index (χ0v) is 17.8. The molecule has 0 aliphatic carbocycles. The molecule has 158 valence electrons. The van der Waals surface area contributed by atoms with Crippen molar-refractivity contribution in [3.05, 3.63) is 113 Å². The van der Waals surface area contributed by atoms with Crippen molar-refractivity contribution >= 4 is 39.4 Å². The van der Waals surface area contributed by atoms with E-state index < -0.39 is 0 Å². The summed E-state index contributed by atoms with van der Waals surface area (Å²) in [7, 11) is 1.50. The first kappa shape index (κ1) is 19.2. The van der Waals surface area contributed by atoms with Gasteiger partial charge in [0.2, 0.25) is 0 Å². The molecule has 0 bridgehead atoms. The largest absolute Gasteiger partial charge is 0.308 e. The number of carbonyl (C=O) groups is 3. The van der Waals surface area contributed by atoms with Crippen molar-refractivity contribution in [3.8, 4) is 5.69 Å². The van der Waals surface area contributed by atoms with E-state index in [4.69, 9.17) is 0 Å². The smallest absolute Gasteiger partial charge is 0.263 e. The van der Waals surface area contributed by atoms with Gasteiger partial charge in [-0.3, -0.25) is 19.3 Å². The normalized spacial score (nSPS) is 13.2. The molecule has 2 amide bonds. The van der Waals surface area contributed by atoms with E-state index in [-0.39, 0.29) is 17.6 Å². The van der Waals surface area contributed by atoms with Gasteiger partial charge in [-0.2, -0.15) is 0 Å². The van der Waals surface area contributed by atoms with Crippen molar-refractivity contribution in [2.24, 2.45) is 0 Å². The number of fused-ring (bicyclic) bond motifs is 4. The van der Waals surface area contributed by atoms with E-state index >= 15 is 0 Å². The number of rotatable bonds is 3. The molecule has 5 heteroatoms. The molecule has 0 radical (unpaired) electrons. The van der Waals surface area contributed by atoms with Crippen LogP contribution in [0.2, 0.25) is 0 Å². The van der Waals surface area contributed by atoms with E-state index in [0.717, 1.165) is 26.7 Å². The van der Waals surface area contributed by atoms with Crippen molar-refractivity contribution in [1.82, 2.24) is 9.47 Å². The van der Waals surface area contributed by atoms with Crippen LogP contribution in [-0.4, -0.2) is 34.1 Å². The molecule has 5 nitrogen and oxygen atoms in total. The third kappa shape index (κ3) is 2.69. The zero-order valence-electron chi connectivity index (χ0n) is 17.8. The van der Waals surface area contributed by atoms with Crippen LogP contribution in [-0.2, 0) is 0 Å². The molecule has 1 aromatic heterocycles. The number of hydrogen-bond donors (Lipinski definition) is 0. The summed E-state index contributed by atoms with van der Waals surface area (Å²) in [5.41, 5.74) is 4.46. The second-order valence-electron chi connectivity index (χ2n) is 8.15. The van der Waals surface area contributed by atoms with E-state index in [0.29, 0.717) is 27.9 Å². The lowest BCUT2D eigenvalue weighted by molar-refractivity contribution is 0.0693. The number of para-hydroxylation sites is 1. The van der Waals surface area contributed by atoms with Gasteiger partial charge in [0.25, 0.3) is 11.8 Å². The second-order valence-corrected chi connectivity index (χ2v) is 8.15. The highest BCUT2D eigenvalue weighted by Crippen LogP contribution is 2.36. The van der Waals surface area contributed by atoms with E-state index in [2.05, 4.69) is 0 Å². The number of carbonyl (C=O) groups excluding carboxylic acids is 3. The SMILES string of the molecule is CN1C(=O)c2cccc(-n3c4ccccc4c4cc(C(=O)c5ccccc5)ccc43)c2C1=O. The molecule has 4 aromatic carbocycles. The molecule has 0 fully saturated rings. The van der Waals surface area contributed by atoms with Crippen LogP contribution in [0.5, 0.6) is 0 Å². The standard InChI is InChI=1S/C28H18N2O3/c1-29-27(32)20-11-7-13-24(25(20)28(29)33)30-22-12-6-5-10-19(22)21-16-18(14-15-23(21)30)26(31)17-8-3-2-4-9-17/h2-16H,1H3. The highest BCUT2D eigenvalue weighted by Gasteiger charge is 2.35. The first-order valence-corrected chi connectivity index (χ1v) is 10.6. The van der Waals surface area contributed by atoms with E-state index in [1.54, 1.807) is 12.1 Å². The van der Waals surface area contributed by atoms with Gasteiger partial charge in [-0.05, 0) is 36.4 Å². The van der Waals surface area contributed by atoms with E-state index in [1.807, 2.05) is 83.4 Å². The molecule has 0 atom stereocenters. The Hall–Kier alpha value is -4.51. The van der Waals surface area contributed by atoms with Gasteiger partial charge in [0, 0.05) is 28.9 Å². The monoisotopic (exact) mass is 430 g/mol. The minimum Gasteiger partial charge on any atom is -0.308 e. The van der Waals surface area contributed by atoms with Gasteiger partial charge >= 0.3 is 0 Å². The molecular formula is C28H18N2O3. The van der Waals surface area contributed by atoms with Gasteiger partial charge < -0.3 is 4.57 Å². The summed E-state index contributed by atoms with van der Waals surface area (Å²) in [4.78, 5) is 39.7. The number of ketones is 1. The van der Waals surface area contributed by atoms with Crippen LogP contribution in [0, 0.1) is 0 Å². The van der Waals surface area contributed by atoms with Crippen LogP contribution in [0.25, 0.3) is 27.5 Å². The van der Waals surface area contributed by atoms with Crippen LogP contribution in [0.15, 0.2) is 91.0 Å². The molecule has 2 heterocycles. The van der Waals surface area contributed by atoms with Gasteiger partial charge in [0.15, 0.2) is 5.78 Å². The number of nitrogens with zero attached hydrogens (tertiary/aromatic N) is 2. The summed E-state index contributed by atoms with van der Waals surface area (Å²) in [6.07, 6.45) is 0. The number of hydrogen-bond acceptors (Lipinski definition) is 3. The fraction of sp³-hybridized carbons (Fsp3) is 0.0357. The number of aromatic nitrogens is 1. The molecule has 0 N–H and O–H groups in total. The molecule has 5 aromatic rings. The molecule has 0 saturated heterocycles. The lowest BCUT2D eigenvalue weighted by atomic mass is 10.0. The Bertz CT molecular complexity index is 1630.